The predicted octanol–water partition coefficient (Wildman–Crippen LogP) is 1.34. The Hall–Kier alpha value is -2.15. The molecule has 3 rings (SSSR count). The fraction of sp³-hybridized carbons (Fsp3) is 0.500. The zero-order valence-electron chi connectivity index (χ0n) is 12.0. The molecule has 0 amide bonds. The van der Waals surface area contributed by atoms with Crippen molar-refractivity contribution in [3.8, 4) is 0 Å². The van der Waals surface area contributed by atoms with Crippen LogP contribution in [-0.2, 0) is 0 Å². The van der Waals surface area contributed by atoms with E-state index in [2.05, 4.69) is 33.3 Å². The number of rotatable bonds is 5. The molecule has 4 N–H and O–H groups in total. The Balaban J connectivity index is 1.98. The van der Waals surface area contributed by atoms with E-state index < -0.39 is 0 Å². The van der Waals surface area contributed by atoms with Crippen LogP contribution in [0.3, 0.4) is 0 Å². The number of hydrogen-bond acceptors (Lipinski definition) is 6. The van der Waals surface area contributed by atoms with Gasteiger partial charge in [-0.05, 0) is 12.8 Å². The Labute approximate surface area is 122 Å². The number of aliphatic hydroxyl groups excluding tert-OH is 1. The molecule has 1 aliphatic rings. The highest BCUT2D eigenvalue weighted by Gasteiger charge is 2.22. The van der Waals surface area contributed by atoms with Crippen molar-refractivity contribution in [1.29, 1.82) is 0 Å². The molecule has 7 nitrogen and oxygen atoms in total. The van der Waals surface area contributed by atoms with Gasteiger partial charge >= 0.3 is 0 Å². The minimum Gasteiger partial charge on any atom is -0.396 e. The maximum atomic E-state index is 9.25. The van der Waals surface area contributed by atoms with Crippen molar-refractivity contribution >= 4 is 22.9 Å². The summed E-state index contributed by atoms with van der Waals surface area (Å²) in [5.41, 5.74) is 7.28. The maximum absolute atomic E-state index is 9.25. The fourth-order valence-electron chi connectivity index (χ4n) is 2.64. The summed E-state index contributed by atoms with van der Waals surface area (Å²) in [6.45, 7) is 3.07. The predicted molar refractivity (Wildman–Crippen MR) is 81.9 cm³/mol. The number of aliphatic hydroxyl groups is 1. The number of allylic oxidation sites excluding steroid dienone is 1. The summed E-state index contributed by atoms with van der Waals surface area (Å²) in [5, 5.41) is 12.5. The summed E-state index contributed by atoms with van der Waals surface area (Å²) in [6.07, 6.45) is 7.74. The lowest BCUT2D eigenvalue weighted by Crippen LogP contribution is -2.10. The van der Waals surface area contributed by atoms with Gasteiger partial charge in [0.2, 0.25) is 5.95 Å². The van der Waals surface area contributed by atoms with Crippen LogP contribution in [0.2, 0.25) is 0 Å². The minimum atomic E-state index is 0.153. The van der Waals surface area contributed by atoms with Crippen LogP contribution < -0.4 is 11.1 Å². The molecule has 1 aliphatic carbocycles. The molecule has 21 heavy (non-hydrogen) atoms. The van der Waals surface area contributed by atoms with Crippen molar-refractivity contribution in [3.05, 3.63) is 18.5 Å². The molecule has 2 aromatic rings. The van der Waals surface area contributed by atoms with Crippen molar-refractivity contribution in [2.24, 2.45) is 5.92 Å². The Morgan fingerprint density at radius 3 is 3.00 bits per heavy atom. The number of aromatic nitrogens is 4. The molecule has 0 fully saturated rings. The van der Waals surface area contributed by atoms with Crippen LogP contribution in [0, 0.1) is 5.92 Å². The van der Waals surface area contributed by atoms with Gasteiger partial charge in [0, 0.05) is 19.1 Å². The summed E-state index contributed by atoms with van der Waals surface area (Å²) in [5.74, 6) is 1.12. The summed E-state index contributed by atoms with van der Waals surface area (Å²) in [6, 6.07) is 0.153. The van der Waals surface area contributed by atoms with Gasteiger partial charge in [0.15, 0.2) is 17.0 Å². The molecule has 7 heteroatoms. The molecule has 2 unspecified atom stereocenters. The second-order valence-electron chi connectivity index (χ2n) is 5.31. The first-order valence-corrected chi connectivity index (χ1v) is 7.26. The number of fused-ring (bicyclic) bond motifs is 1. The van der Waals surface area contributed by atoms with Gasteiger partial charge in [-0.25, -0.2) is 4.98 Å². The molecule has 2 atom stereocenters. The topological polar surface area (TPSA) is 102 Å². The van der Waals surface area contributed by atoms with Crippen molar-refractivity contribution in [3.63, 3.8) is 0 Å². The lowest BCUT2D eigenvalue weighted by atomic mass is 10.1. The number of nitrogen functional groups attached to an aromatic ring is 1. The van der Waals surface area contributed by atoms with Gasteiger partial charge in [0.05, 0.1) is 12.4 Å². The van der Waals surface area contributed by atoms with Gasteiger partial charge in [-0.2, -0.15) is 9.97 Å². The monoisotopic (exact) mass is 288 g/mol. The first-order chi connectivity index (χ1) is 10.2. The normalized spacial score (nSPS) is 21.2. The SMILES string of the molecule is CCCNc1nc(N)nc2c1ncn2C1C=CC(CO)C1. The van der Waals surface area contributed by atoms with Gasteiger partial charge in [-0.1, -0.05) is 19.1 Å². The summed E-state index contributed by atoms with van der Waals surface area (Å²) < 4.78 is 2.00. The van der Waals surface area contributed by atoms with Crippen LogP contribution in [0.15, 0.2) is 18.5 Å². The van der Waals surface area contributed by atoms with Crippen LogP contribution in [0.25, 0.3) is 11.2 Å². The highest BCUT2D eigenvalue weighted by molar-refractivity contribution is 5.84. The summed E-state index contributed by atoms with van der Waals surface area (Å²) in [7, 11) is 0. The zero-order chi connectivity index (χ0) is 14.8. The zero-order valence-corrected chi connectivity index (χ0v) is 12.0. The van der Waals surface area contributed by atoms with Gasteiger partial charge in [-0.3, -0.25) is 0 Å². The first kappa shape index (κ1) is 13.8. The van der Waals surface area contributed by atoms with Crippen LogP contribution in [0.5, 0.6) is 0 Å². The van der Waals surface area contributed by atoms with Crippen LogP contribution in [0.1, 0.15) is 25.8 Å². The Morgan fingerprint density at radius 1 is 1.43 bits per heavy atom. The molecular weight excluding hydrogens is 268 g/mol. The van der Waals surface area contributed by atoms with E-state index >= 15 is 0 Å². The van der Waals surface area contributed by atoms with Gasteiger partial charge in [-0.15, -0.1) is 0 Å². The molecule has 0 saturated carbocycles. The van der Waals surface area contributed by atoms with E-state index in [-0.39, 0.29) is 24.5 Å². The third-order valence-electron chi connectivity index (χ3n) is 3.72. The molecule has 0 spiro atoms. The number of imidazole rings is 1. The van der Waals surface area contributed by atoms with E-state index in [1.165, 1.54) is 0 Å². The van der Waals surface area contributed by atoms with E-state index in [1.54, 1.807) is 6.33 Å². The quantitative estimate of drug-likeness (QED) is 0.718. The van der Waals surface area contributed by atoms with Crippen molar-refractivity contribution in [2.75, 3.05) is 24.2 Å². The molecule has 0 aliphatic heterocycles. The van der Waals surface area contributed by atoms with Crippen molar-refractivity contribution < 1.29 is 5.11 Å². The van der Waals surface area contributed by atoms with E-state index in [0.717, 1.165) is 30.6 Å². The lowest BCUT2D eigenvalue weighted by Gasteiger charge is -2.13. The number of nitrogens with one attached hydrogen (secondary N) is 1. The smallest absolute Gasteiger partial charge is 0.224 e. The van der Waals surface area contributed by atoms with E-state index in [9.17, 15) is 5.11 Å². The first-order valence-electron chi connectivity index (χ1n) is 7.26. The molecule has 0 saturated heterocycles. The molecular formula is C14H20N6O. The van der Waals surface area contributed by atoms with Crippen LogP contribution in [0.4, 0.5) is 11.8 Å². The van der Waals surface area contributed by atoms with Gasteiger partial charge < -0.3 is 20.7 Å². The average Bonchev–Trinajstić information content (AvgIpc) is 3.10. The third-order valence-corrected chi connectivity index (χ3v) is 3.72. The van der Waals surface area contributed by atoms with Crippen molar-refractivity contribution in [1.82, 2.24) is 19.5 Å². The van der Waals surface area contributed by atoms with Gasteiger partial charge in [0.25, 0.3) is 0 Å². The second-order valence-corrected chi connectivity index (χ2v) is 5.31. The maximum Gasteiger partial charge on any atom is 0.224 e. The van der Waals surface area contributed by atoms with Crippen LogP contribution >= 0.6 is 0 Å². The van der Waals surface area contributed by atoms with Crippen LogP contribution in [-0.4, -0.2) is 37.8 Å². The number of nitrogens with two attached hydrogens (primary N) is 1. The molecule has 2 heterocycles. The van der Waals surface area contributed by atoms with Crippen molar-refractivity contribution in [2.45, 2.75) is 25.8 Å². The van der Waals surface area contributed by atoms with E-state index in [0.29, 0.717) is 5.82 Å². The molecule has 0 radical (unpaired) electrons. The Bertz CT molecular complexity index is 665. The largest absolute Gasteiger partial charge is 0.396 e. The molecule has 0 bridgehead atoms. The summed E-state index contributed by atoms with van der Waals surface area (Å²) >= 11 is 0. The fourth-order valence-corrected chi connectivity index (χ4v) is 2.64. The average molecular weight is 288 g/mol. The number of hydrogen-bond donors (Lipinski definition) is 3. The highest BCUT2D eigenvalue weighted by Crippen LogP contribution is 2.31. The van der Waals surface area contributed by atoms with E-state index in [4.69, 9.17) is 5.73 Å². The Kier molecular flexibility index (Phi) is 3.74. The standard InChI is InChI=1S/C14H20N6O/c1-2-5-16-12-11-13(19-14(15)18-12)20(8-17-11)10-4-3-9(6-10)7-21/h3-4,8-10,21H,2,5-7H2,1H3,(H3,15,16,18,19). The summed E-state index contributed by atoms with van der Waals surface area (Å²) in [4.78, 5) is 13.0. The molecule has 0 aromatic carbocycles. The molecule has 2 aromatic heterocycles. The minimum absolute atomic E-state index is 0.153. The number of nitrogens with zero attached hydrogens (tertiary/aromatic N) is 4. The highest BCUT2D eigenvalue weighted by atomic mass is 16.3. The third kappa shape index (κ3) is 2.56. The Morgan fingerprint density at radius 2 is 2.29 bits per heavy atom. The molecule has 112 valence electrons. The lowest BCUT2D eigenvalue weighted by molar-refractivity contribution is 0.244. The van der Waals surface area contributed by atoms with Gasteiger partial charge in [0.1, 0.15) is 0 Å². The second kappa shape index (κ2) is 5.69. The number of anilines is 2. The van der Waals surface area contributed by atoms with E-state index in [1.807, 2.05) is 10.6 Å².